The standard InChI is InChI=1S/C48H31N/c1-2-12-36(13-3-1)49-47-21-11-10-20-44(47)46-31-35(27-29-48(46)49)33-24-22-32(23-25-33)34-26-28-43-41-18-7-6-16-39(41)37-14-4-5-15-38(37)40-17-8-9-19-42(40)45(43)30-34/h1-31H. The SMILES string of the molecule is c1ccc(-n2c3ccccc3c3cc(-c4ccc(-c5ccc6c(c5)-c5ccccc5-c5ccccc5-c5ccccc5-6)cc4)ccc32)cc1. The summed E-state index contributed by atoms with van der Waals surface area (Å²) in [6.07, 6.45) is 0. The lowest BCUT2D eigenvalue weighted by Crippen LogP contribution is -1.97. The molecule has 0 radical (unpaired) electrons. The van der Waals surface area contributed by atoms with Crippen molar-refractivity contribution >= 4 is 21.8 Å². The first-order valence-corrected chi connectivity index (χ1v) is 16.9. The molecule has 8 aromatic carbocycles. The first kappa shape index (κ1) is 27.7. The van der Waals surface area contributed by atoms with Gasteiger partial charge in [-0.25, -0.2) is 0 Å². The van der Waals surface area contributed by atoms with Crippen LogP contribution in [-0.4, -0.2) is 4.57 Å². The summed E-state index contributed by atoms with van der Waals surface area (Å²) in [5.41, 5.74) is 18.6. The van der Waals surface area contributed by atoms with Crippen molar-refractivity contribution < 1.29 is 0 Å². The molecule has 49 heavy (non-hydrogen) atoms. The van der Waals surface area contributed by atoms with Gasteiger partial charge >= 0.3 is 0 Å². The Labute approximate surface area is 286 Å². The van der Waals surface area contributed by atoms with Gasteiger partial charge in [-0.1, -0.05) is 152 Å². The van der Waals surface area contributed by atoms with Gasteiger partial charge in [0.1, 0.15) is 0 Å². The van der Waals surface area contributed by atoms with Gasteiger partial charge in [0.25, 0.3) is 0 Å². The maximum absolute atomic E-state index is 2.39. The van der Waals surface area contributed by atoms with Crippen LogP contribution in [0.1, 0.15) is 0 Å². The maximum atomic E-state index is 2.39. The number of hydrogen-bond acceptors (Lipinski definition) is 0. The van der Waals surface area contributed by atoms with E-state index in [1.165, 1.54) is 94.3 Å². The third-order valence-electron chi connectivity index (χ3n) is 10.2. The number of aromatic nitrogens is 1. The molecule has 1 aliphatic rings. The van der Waals surface area contributed by atoms with E-state index >= 15 is 0 Å². The van der Waals surface area contributed by atoms with Gasteiger partial charge in [-0.15, -0.1) is 0 Å². The van der Waals surface area contributed by atoms with Crippen LogP contribution in [0.25, 0.3) is 94.3 Å². The number of nitrogens with zero attached hydrogens (tertiary/aromatic N) is 1. The van der Waals surface area contributed by atoms with Crippen LogP contribution in [0.4, 0.5) is 0 Å². The van der Waals surface area contributed by atoms with E-state index in [0.29, 0.717) is 0 Å². The predicted molar refractivity (Wildman–Crippen MR) is 207 cm³/mol. The molecule has 1 aliphatic carbocycles. The Balaban J connectivity index is 1.08. The van der Waals surface area contributed by atoms with Gasteiger partial charge in [-0.3, -0.25) is 0 Å². The second-order valence-electron chi connectivity index (χ2n) is 12.9. The smallest absolute Gasteiger partial charge is 0.0541 e. The summed E-state index contributed by atoms with van der Waals surface area (Å²) in [4.78, 5) is 0. The summed E-state index contributed by atoms with van der Waals surface area (Å²) in [5, 5.41) is 2.54. The maximum Gasteiger partial charge on any atom is 0.0541 e. The molecule has 228 valence electrons. The van der Waals surface area contributed by atoms with Gasteiger partial charge in [-0.05, 0) is 103 Å². The highest BCUT2D eigenvalue weighted by molar-refractivity contribution is 6.10. The molecule has 10 rings (SSSR count). The van der Waals surface area contributed by atoms with E-state index in [4.69, 9.17) is 0 Å². The lowest BCUT2D eigenvalue weighted by molar-refractivity contribution is 1.18. The Hall–Kier alpha value is -6.44. The van der Waals surface area contributed by atoms with E-state index in [1.807, 2.05) is 0 Å². The number of fused-ring (bicyclic) bond motifs is 11. The molecule has 0 saturated heterocycles. The molecule has 9 aromatic rings. The quantitative estimate of drug-likeness (QED) is 0.185. The molecule has 0 atom stereocenters. The van der Waals surface area contributed by atoms with Gasteiger partial charge in [0, 0.05) is 16.5 Å². The molecule has 0 aliphatic heterocycles. The molecule has 1 nitrogen and oxygen atoms in total. The minimum absolute atomic E-state index is 1.18. The fourth-order valence-corrected chi connectivity index (χ4v) is 7.90. The van der Waals surface area contributed by atoms with Crippen molar-refractivity contribution in [1.82, 2.24) is 4.57 Å². The minimum Gasteiger partial charge on any atom is -0.309 e. The van der Waals surface area contributed by atoms with E-state index in [9.17, 15) is 0 Å². The Morgan fingerprint density at radius 2 is 0.653 bits per heavy atom. The van der Waals surface area contributed by atoms with E-state index in [2.05, 4.69) is 193 Å². The van der Waals surface area contributed by atoms with Crippen molar-refractivity contribution in [2.75, 3.05) is 0 Å². The summed E-state index contributed by atoms with van der Waals surface area (Å²) in [6.45, 7) is 0. The fraction of sp³-hybridized carbons (Fsp3) is 0. The Morgan fingerprint density at radius 1 is 0.245 bits per heavy atom. The predicted octanol–water partition coefficient (Wildman–Crippen LogP) is 13.1. The molecular weight excluding hydrogens is 591 g/mol. The lowest BCUT2D eigenvalue weighted by Gasteiger charge is -2.23. The van der Waals surface area contributed by atoms with Crippen LogP contribution in [0, 0.1) is 0 Å². The highest BCUT2D eigenvalue weighted by Gasteiger charge is 2.22. The third kappa shape index (κ3) is 4.40. The highest BCUT2D eigenvalue weighted by Crippen LogP contribution is 2.48. The van der Waals surface area contributed by atoms with Crippen molar-refractivity contribution in [2.24, 2.45) is 0 Å². The van der Waals surface area contributed by atoms with Crippen LogP contribution < -0.4 is 0 Å². The average molecular weight is 622 g/mol. The largest absolute Gasteiger partial charge is 0.309 e. The van der Waals surface area contributed by atoms with Crippen LogP contribution in [0.15, 0.2) is 188 Å². The monoisotopic (exact) mass is 621 g/mol. The van der Waals surface area contributed by atoms with Gasteiger partial charge in [0.05, 0.1) is 11.0 Å². The zero-order valence-electron chi connectivity index (χ0n) is 26.8. The summed E-state index contributed by atoms with van der Waals surface area (Å²) < 4.78 is 2.37. The van der Waals surface area contributed by atoms with Crippen molar-refractivity contribution in [3.8, 4) is 72.4 Å². The van der Waals surface area contributed by atoms with Gasteiger partial charge in [0.15, 0.2) is 0 Å². The molecule has 0 amide bonds. The summed E-state index contributed by atoms with van der Waals surface area (Å²) in [5.74, 6) is 0. The van der Waals surface area contributed by atoms with Crippen molar-refractivity contribution in [3.05, 3.63) is 188 Å². The average Bonchev–Trinajstić information content (AvgIpc) is 3.51. The number of hydrogen-bond donors (Lipinski definition) is 0. The van der Waals surface area contributed by atoms with Crippen molar-refractivity contribution in [2.45, 2.75) is 0 Å². The Bertz CT molecular complexity index is 2690. The first-order valence-electron chi connectivity index (χ1n) is 16.9. The lowest BCUT2D eigenvalue weighted by atomic mass is 9.80. The summed E-state index contributed by atoms with van der Waals surface area (Å²) in [6, 6.07) is 68.8. The molecular formula is C48H31N. The Kier molecular flexibility index (Phi) is 6.25. The van der Waals surface area contributed by atoms with Gasteiger partial charge in [-0.2, -0.15) is 0 Å². The summed E-state index contributed by atoms with van der Waals surface area (Å²) in [7, 11) is 0. The van der Waals surface area contributed by atoms with E-state index in [1.54, 1.807) is 0 Å². The van der Waals surface area contributed by atoms with Crippen molar-refractivity contribution in [1.29, 1.82) is 0 Å². The topological polar surface area (TPSA) is 4.93 Å². The summed E-state index contributed by atoms with van der Waals surface area (Å²) >= 11 is 0. The molecule has 0 saturated carbocycles. The zero-order chi connectivity index (χ0) is 32.3. The normalized spacial score (nSPS) is 11.7. The van der Waals surface area contributed by atoms with Crippen molar-refractivity contribution in [3.63, 3.8) is 0 Å². The van der Waals surface area contributed by atoms with Crippen LogP contribution >= 0.6 is 0 Å². The molecule has 0 unspecified atom stereocenters. The van der Waals surface area contributed by atoms with Gasteiger partial charge in [0.2, 0.25) is 0 Å². The minimum atomic E-state index is 1.18. The highest BCUT2D eigenvalue weighted by atomic mass is 15.0. The van der Waals surface area contributed by atoms with E-state index < -0.39 is 0 Å². The first-order chi connectivity index (χ1) is 24.3. The van der Waals surface area contributed by atoms with Gasteiger partial charge < -0.3 is 4.57 Å². The van der Waals surface area contributed by atoms with E-state index in [0.717, 1.165) is 0 Å². The number of para-hydroxylation sites is 2. The molecule has 0 N–H and O–H groups in total. The second-order valence-corrected chi connectivity index (χ2v) is 12.9. The Morgan fingerprint density at radius 3 is 1.24 bits per heavy atom. The molecule has 1 heteroatoms. The third-order valence-corrected chi connectivity index (χ3v) is 10.2. The van der Waals surface area contributed by atoms with Crippen LogP contribution in [0.3, 0.4) is 0 Å². The van der Waals surface area contributed by atoms with Crippen LogP contribution in [-0.2, 0) is 0 Å². The molecule has 0 bridgehead atoms. The fourth-order valence-electron chi connectivity index (χ4n) is 7.90. The van der Waals surface area contributed by atoms with Crippen LogP contribution in [0.2, 0.25) is 0 Å². The molecule has 1 aromatic heterocycles. The number of benzene rings is 8. The molecule has 1 heterocycles. The molecule has 0 spiro atoms. The molecule has 0 fully saturated rings. The zero-order valence-corrected chi connectivity index (χ0v) is 26.8. The number of rotatable bonds is 3. The second kappa shape index (κ2) is 11.1. The van der Waals surface area contributed by atoms with Crippen LogP contribution in [0.5, 0.6) is 0 Å². The van der Waals surface area contributed by atoms with E-state index in [-0.39, 0.29) is 0 Å².